The number of hydrogen-bond acceptors (Lipinski definition) is 9. The molecule has 3 aromatic rings. The first-order chi connectivity index (χ1) is 17.6. The summed E-state index contributed by atoms with van der Waals surface area (Å²) in [5, 5.41) is 3.19. The van der Waals surface area contributed by atoms with Crippen LogP contribution in [0.1, 0.15) is 5.82 Å². The van der Waals surface area contributed by atoms with Crippen LogP contribution in [0.5, 0.6) is 23.0 Å². The number of carbonyl (C=O) groups excluding carboxylic acids is 1. The fourth-order valence-corrected chi connectivity index (χ4v) is 4.30. The van der Waals surface area contributed by atoms with Gasteiger partial charge in [-0.25, -0.2) is 4.98 Å². The highest BCUT2D eigenvalue weighted by Gasteiger charge is 2.21. The van der Waals surface area contributed by atoms with Gasteiger partial charge in [0.25, 0.3) is 5.56 Å². The van der Waals surface area contributed by atoms with Crippen molar-refractivity contribution in [3.05, 3.63) is 46.5 Å². The molecule has 190 valence electrons. The lowest BCUT2D eigenvalue weighted by Gasteiger charge is -2.27. The molecule has 2 aliphatic heterocycles. The number of aromatic nitrogens is 2. The molecular formula is C25H28N4O7. The minimum Gasteiger partial charge on any atom is -0.493 e. The number of ether oxygens (including phenoxy) is 5. The predicted molar refractivity (Wildman–Crippen MR) is 131 cm³/mol. The first-order valence-electron chi connectivity index (χ1n) is 11.7. The van der Waals surface area contributed by atoms with E-state index in [0.717, 1.165) is 0 Å². The quantitative estimate of drug-likeness (QED) is 0.522. The second kappa shape index (κ2) is 10.4. The van der Waals surface area contributed by atoms with Crippen molar-refractivity contribution in [3.8, 4) is 23.0 Å². The molecule has 1 saturated heterocycles. The van der Waals surface area contributed by atoms with E-state index in [1.165, 1.54) is 18.8 Å². The van der Waals surface area contributed by atoms with E-state index in [4.69, 9.17) is 28.7 Å². The van der Waals surface area contributed by atoms with E-state index in [0.29, 0.717) is 91.5 Å². The number of fused-ring (bicyclic) bond motifs is 2. The molecule has 3 heterocycles. The van der Waals surface area contributed by atoms with Crippen LogP contribution in [0.2, 0.25) is 0 Å². The van der Waals surface area contributed by atoms with E-state index in [1.54, 1.807) is 30.3 Å². The lowest BCUT2D eigenvalue weighted by atomic mass is 10.2. The minimum atomic E-state index is -0.362. The fourth-order valence-electron chi connectivity index (χ4n) is 4.30. The van der Waals surface area contributed by atoms with E-state index >= 15 is 0 Å². The Morgan fingerprint density at radius 3 is 2.47 bits per heavy atom. The van der Waals surface area contributed by atoms with E-state index < -0.39 is 0 Å². The number of amides is 1. The summed E-state index contributed by atoms with van der Waals surface area (Å²) in [5.74, 6) is 2.21. The Morgan fingerprint density at radius 2 is 1.72 bits per heavy atom. The molecule has 1 amide bonds. The highest BCUT2D eigenvalue weighted by Crippen LogP contribution is 2.33. The molecule has 1 N–H and O–H groups in total. The second-order valence-corrected chi connectivity index (χ2v) is 8.44. The summed E-state index contributed by atoms with van der Waals surface area (Å²) in [5.41, 5.74) is 0.693. The number of hydrogen-bond donors (Lipinski definition) is 1. The first-order valence-corrected chi connectivity index (χ1v) is 11.7. The van der Waals surface area contributed by atoms with Crippen molar-refractivity contribution in [2.24, 2.45) is 0 Å². The maximum absolute atomic E-state index is 13.6. The molecule has 5 rings (SSSR count). The predicted octanol–water partition coefficient (Wildman–Crippen LogP) is 1.66. The number of morpholine rings is 1. The standard InChI is InChI=1S/C25H28N4O7/c1-32-20-12-17-18(13-21(20)33-2)27-23(14-28-5-7-34-8-6-28)29(25(17)31)15-24(30)26-16-3-4-19-22(11-16)36-10-9-35-19/h3-4,11-13H,5-10,14-15H2,1-2H3,(H,26,30). The number of anilines is 1. The average molecular weight is 497 g/mol. The zero-order valence-corrected chi connectivity index (χ0v) is 20.2. The Kier molecular flexibility index (Phi) is 6.92. The monoisotopic (exact) mass is 496 g/mol. The van der Waals surface area contributed by atoms with Gasteiger partial charge in [-0.1, -0.05) is 0 Å². The molecule has 11 heteroatoms. The summed E-state index contributed by atoms with van der Waals surface area (Å²) in [7, 11) is 3.03. The van der Waals surface area contributed by atoms with Crippen molar-refractivity contribution < 1.29 is 28.5 Å². The van der Waals surface area contributed by atoms with Gasteiger partial charge in [0.2, 0.25) is 5.91 Å². The van der Waals surface area contributed by atoms with E-state index in [1.807, 2.05) is 0 Å². The summed E-state index contributed by atoms with van der Waals surface area (Å²) >= 11 is 0. The van der Waals surface area contributed by atoms with Crippen LogP contribution >= 0.6 is 0 Å². The number of rotatable bonds is 7. The van der Waals surface area contributed by atoms with Gasteiger partial charge in [0.05, 0.1) is 44.9 Å². The zero-order chi connectivity index (χ0) is 25.1. The van der Waals surface area contributed by atoms with Gasteiger partial charge in [-0.05, 0) is 18.2 Å². The van der Waals surface area contributed by atoms with E-state index in [2.05, 4.69) is 10.2 Å². The number of methoxy groups -OCH3 is 2. The Labute approximate surface area is 207 Å². The van der Waals surface area contributed by atoms with Crippen molar-refractivity contribution in [1.29, 1.82) is 0 Å². The normalized spacial score (nSPS) is 15.5. The van der Waals surface area contributed by atoms with Crippen LogP contribution in [0, 0.1) is 0 Å². The number of nitrogens with zero attached hydrogens (tertiary/aromatic N) is 3. The van der Waals surface area contributed by atoms with Crippen LogP contribution < -0.4 is 29.8 Å². The molecule has 2 aliphatic rings. The molecular weight excluding hydrogens is 468 g/mol. The molecule has 0 spiro atoms. The van der Waals surface area contributed by atoms with Crippen LogP contribution in [0.4, 0.5) is 5.69 Å². The smallest absolute Gasteiger partial charge is 0.262 e. The third-order valence-electron chi connectivity index (χ3n) is 6.13. The van der Waals surface area contributed by atoms with Gasteiger partial charge in [0.15, 0.2) is 23.0 Å². The summed E-state index contributed by atoms with van der Waals surface area (Å²) in [6, 6.07) is 8.46. The molecule has 2 aromatic carbocycles. The van der Waals surface area contributed by atoms with Gasteiger partial charge in [0.1, 0.15) is 25.6 Å². The molecule has 0 atom stereocenters. The maximum atomic E-state index is 13.6. The van der Waals surface area contributed by atoms with Gasteiger partial charge >= 0.3 is 0 Å². The number of nitrogens with one attached hydrogen (secondary N) is 1. The van der Waals surface area contributed by atoms with Crippen molar-refractivity contribution in [2.45, 2.75) is 13.1 Å². The summed E-state index contributed by atoms with van der Waals surface area (Å²) in [4.78, 5) is 33.6. The molecule has 0 bridgehead atoms. The van der Waals surface area contributed by atoms with Crippen molar-refractivity contribution in [3.63, 3.8) is 0 Å². The molecule has 36 heavy (non-hydrogen) atoms. The molecule has 1 fully saturated rings. The molecule has 0 unspecified atom stereocenters. The van der Waals surface area contributed by atoms with Gasteiger partial charge < -0.3 is 29.0 Å². The Hall–Kier alpha value is -3.83. The Morgan fingerprint density at radius 1 is 1.00 bits per heavy atom. The van der Waals surface area contributed by atoms with Gasteiger partial charge in [-0.15, -0.1) is 0 Å². The number of benzene rings is 2. The first kappa shape index (κ1) is 23.9. The van der Waals surface area contributed by atoms with Crippen LogP contribution in [-0.4, -0.2) is 74.1 Å². The molecule has 0 aliphatic carbocycles. The van der Waals surface area contributed by atoms with E-state index in [-0.39, 0.29) is 18.0 Å². The molecule has 0 saturated carbocycles. The van der Waals surface area contributed by atoms with Crippen LogP contribution in [0.15, 0.2) is 35.1 Å². The molecule has 0 radical (unpaired) electrons. The maximum Gasteiger partial charge on any atom is 0.262 e. The van der Waals surface area contributed by atoms with Crippen molar-refractivity contribution >= 4 is 22.5 Å². The van der Waals surface area contributed by atoms with Crippen molar-refractivity contribution in [1.82, 2.24) is 14.5 Å². The summed E-state index contributed by atoms with van der Waals surface area (Å²) in [6.07, 6.45) is 0. The Balaban J connectivity index is 1.48. The highest BCUT2D eigenvalue weighted by molar-refractivity contribution is 5.91. The van der Waals surface area contributed by atoms with Crippen LogP contribution in [-0.2, 0) is 22.6 Å². The number of carbonyl (C=O) groups is 1. The Bertz CT molecular complexity index is 1330. The van der Waals surface area contributed by atoms with Gasteiger partial charge in [-0.3, -0.25) is 19.1 Å². The van der Waals surface area contributed by atoms with Crippen LogP contribution in [0.25, 0.3) is 10.9 Å². The third-order valence-corrected chi connectivity index (χ3v) is 6.13. The average Bonchev–Trinajstić information content (AvgIpc) is 2.90. The van der Waals surface area contributed by atoms with Crippen molar-refractivity contribution in [2.75, 3.05) is 59.1 Å². The lowest BCUT2D eigenvalue weighted by Crippen LogP contribution is -2.39. The largest absolute Gasteiger partial charge is 0.493 e. The van der Waals surface area contributed by atoms with Gasteiger partial charge in [0, 0.05) is 30.9 Å². The lowest BCUT2D eigenvalue weighted by molar-refractivity contribution is -0.116. The third kappa shape index (κ3) is 4.93. The van der Waals surface area contributed by atoms with Crippen LogP contribution in [0.3, 0.4) is 0 Å². The molecule has 1 aromatic heterocycles. The summed E-state index contributed by atoms with van der Waals surface area (Å²) < 4.78 is 28.8. The zero-order valence-electron chi connectivity index (χ0n) is 20.2. The molecule has 11 nitrogen and oxygen atoms in total. The highest BCUT2D eigenvalue weighted by atomic mass is 16.6. The fraction of sp³-hybridized carbons (Fsp3) is 0.400. The minimum absolute atomic E-state index is 0.204. The topological polar surface area (TPSA) is 113 Å². The van der Waals surface area contributed by atoms with E-state index in [9.17, 15) is 9.59 Å². The second-order valence-electron chi connectivity index (χ2n) is 8.44. The SMILES string of the molecule is COc1cc2nc(CN3CCOCC3)n(CC(=O)Nc3ccc4c(c3)OCCO4)c(=O)c2cc1OC. The van der Waals surface area contributed by atoms with Gasteiger partial charge in [-0.2, -0.15) is 0 Å². The summed E-state index contributed by atoms with van der Waals surface area (Å²) in [6.45, 7) is 3.76.